The first-order valence-corrected chi connectivity index (χ1v) is 7.53. The maximum absolute atomic E-state index is 12.3. The van der Waals surface area contributed by atoms with Crippen LogP contribution in [0, 0.1) is 0 Å². The molecule has 2 aromatic carbocycles. The van der Waals surface area contributed by atoms with Gasteiger partial charge in [-0.1, -0.05) is 18.2 Å². The third-order valence-electron chi connectivity index (χ3n) is 3.87. The molecule has 24 heavy (non-hydrogen) atoms. The van der Waals surface area contributed by atoms with Crippen molar-refractivity contribution in [2.24, 2.45) is 0 Å². The zero-order chi connectivity index (χ0) is 17.1. The predicted octanol–water partition coefficient (Wildman–Crippen LogP) is 2.23. The van der Waals surface area contributed by atoms with Crippen molar-refractivity contribution in [3.05, 3.63) is 48.0 Å². The second-order valence-electron chi connectivity index (χ2n) is 5.46. The van der Waals surface area contributed by atoms with Crippen LogP contribution in [0.25, 0.3) is 0 Å². The van der Waals surface area contributed by atoms with Crippen molar-refractivity contribution in [2.45, 2.75) is 6.42 Å². The number of benzene rings is 2. The Hall–Kier alpha value is -3.02. The second-order valence-corrected chi connectivity index (χ2v) is 5.46. The zero-order valence-corrected chi connectivity index (χ0v) is 13.5. The standard InChI is InChI=1S/C18H18N2O4/c1-20-14-10-13(7-8-16(14)24-11-18(20)22)19-17(21)9-12-5-3-4-6-15(12)23-2/h3-8,10H,9,11H2,1-2H3,(H,19,21). The summed E-state index contributed by atoms with van der Waals surface area (Å²) in [4.78, 5) is 25.5. The van der Waals surface area contributed by atoms with Gasteiger partial charge in [0.1, 0.15) is 11.5 Å². The van der Waals surface area contributed by atoms with E-state index in [1.54, 1.807) is 32.4 Å². The van der Waals surface area contributed by atoms with Crippen molar-refractivity contribution >= 4 is 23.2 Å². The number of nitrogens with zero attached hydrogens (tertiary/aromatic N) is 1. The highest BCUT2D eigenvalue weighted by Crippen LogP contribution is 2.33. The van der Waals surface area contributed by atoms with Crippen LogP contribution in [0.2, 0.25) is 0 Å². The second kappa shape index (κ2) is 6.62. The van der Waals surface area contributed by atoms with Gasteiger partial charge >= 0.3 is 0 Å². The molecule has 0 aromatic heterocycles. The number of ether oxygens (including phenoxy) is 2. The summed E-state index contributed by atoms with van der Waals surface area (Å²) >= 11 is 0. The molecule has 3 rings (SSSR count). The molecule has 124 valence electrons. The fourth-order valence-corrected chi connectivity index (χ4v) is 2.58. The Kier molecular flexibility index (Phi) is 4.37. The number of carbonyl (C=O) groups is 2. The van der Waals surface area contributed by atoms with E-state index in [1.165, 1.54) is 4.90 Å². The summed E-state index contributed by atoms with van der Waals surface area (Å²) in [5.41, 5.74) is 2.06. The van der Waals surface area contributed by atoms with Gasteiger partial charge in [-0.05, 0) is 24.3 Å². The topological polar surface area (TPSA) is 67.9 Å². The lowest BCUT2D eigenvalue weighted by molar-refractivity contribution is -0.121. The van der Waals surface area contributed by atoms with Crippen LogP contribution in [-0.2, 0) is 16.0 Å². The average Bonchev–Trinajstić information content (AvgIpc) is 2.59. The Balaban J connectivity index is 1.74. The van der Waals surface area contributed by atoms with Crippen LogP contribution >= 0.6 is 0 Å². The predicted molar refractivity (Wildman–Crippen MR) is 90.7 cm³/mol. The Morgan fingerprint density at radius 1 is 1.29 bits per heavy atom. The summed E-state index contributed by atoms with van der Waals surface area (Å²) < 4.78 is 10.6. The molecule has 0 fully saturated rings. The summed E-state index contributed by atoms with van der Waals surface area (Å²) in [6, 6.07) is 12.6. The van der Waals surface area contributed by atoms with Gasteiger partial charge in [-0.3, -0.25) is 9.59 Å². The number of rotatable bonds is 4. The normalized spacial score (nSPS) is 13.1. The lowest BCUT2D eigenvalue weighted by Gasteiger charge is -2.26. The molecule has 0 bridgehead atoms. The van der Waals surface area contributed by atoms with Crippen LogP contribution in [0.4, 0.5) is 11.4 Å². The molecule has 0 radical (unpaired) electrons. The van der Waals surface area contributed by atoms with Crippen LogP contribution in [0.3, 0.4) is 0 Å². The molecule has 6 heteroatoms. The lowest BCUT2D eigenvalue weighted by atomic mass is 10.1. The van der Waals surface area contributed by atoms with E-state index < -0.39 is 0 Å². The van der Waals surface area contributed by atoms with Crippen molar-refractivity contribution in [3.8, 4) is 11.5 Å². The molecule has 2 aromatic rings. The monoisotopic (exact) mass is 326 g/mol. The lowest BCUT2D eigenvalue weighted by Crippen LogP contribution is -2.35. The largest absolute Gasteiger partial charge is 0.496 e. The quantitative estimate of drug-likeness (QED) is 0.935. The third-order valence-corrected chi connectivity index (χ3v) is 3.87. The average molecular weight is 326 g/mol. The number of methoxy groups -OCH3 is 1. The van der Waals surface area contributed by atoms with Crippen LogP contribution in [0.15, 0.2) is 42.5 Å². The fraction of sp³-hybridized carbons (Fsp3) is 0.222. The highest BCUT2D eigenvalue weighted by molar-refractivity contribution is 5.99. The van der Waals surface area contributed by atoms with Gasteiger partial charge in [0.05, 0.1) is 19.2 Å². The van der Waals surface area contributed by atoms with Gasteiger partial charge in [0.25, 0.3) is 5.91 Å². The molecule has 1 heterocycles. The molecular weight excluding hydrogens is 308 g/mol. The Morgan fingerprint density at radius 2 is 2.08 bits per heavy atom. The molecule has 1 N–H and O–H groups in total. The van der Waals surface area contributed by atoms with Crippen molar-refractivity contribution < 1.29 is 19.1 Å². The minimum atomic E-state index is -0.162. The number of anilines is 2. The molecule has 6 nitrogen and oxygen atoms in total. The number of para-hydroxylation sites is 1. The molecule has 0 saturated heterocycles. The van der Waals surface area contributed by atoms with Gasteiger partial charge in [-0.25, -0.2) is 0 Å². The van der Waals surface area contributed by atoms with Crippen LogP contribution in [0.5, 0.6) is 11.5 Å². The molecule has 0 atom stereocenters. The molecule has 1 aliphatic rings. The molecule has 0 saturated carbocycles. The van der Waals surface area contributed by atoms with Crippen LogP contribution in [0.1, 0.15) is 5.56 Å². The molecule has 0 unspecified atom stereocenters. The SMILES string of the molecule is COc1ccccc1CC(=O)Nc1ccc2c(c1)N(C)C(=O)CO2. The van der Waals surface area contributed by atoms with E-state index in [4.69, 9.17) is 9.47 Å². The van der Waals surface area contributed by atoms with Crippen molar-refractivity contribution in [1.82, 2.24) is 0 Å². The number of hydrogen-bond donors (Lipinski definition) is 1. The number of hydrogen-bond acceptors (Lipinski definition) is 4. The Morgan fingerprint density at radius 3 is 2.88 bits per heavy atom. The third kappa shape index (κ3) is 3.17. The fourth-order valence-electron chi connectivity index (χ4n) is 2.58. The molecule has 2 amide bonds. The van der Waals surface area contributed by atoms with E-state index in [1.807, 2.05) is 24.3 Å². The van der Waals surface area contributed by atoms with E-state index in [0.717, 1.165) is 5.56 Å². The van der Waals surface area contributed by atoms with Gasteiger partial charge in [0, 0.05) is 18.3 Å². The van der Waals surface area contributed by atoms with E-state index in [9.17, 15) is 9.59 Å². The smallest absolute Gasteiger partial charge is 0.264 e. The number of fused-ring (bicyclic) bond motifs is 1. The van der Waals surface area contributed by atoms with Gasteiger partial charge in [0.15, 0.2) is 6.61 Å². The minimum absolute atomic E-state index is 0.0308. The van der Waals surface area contributed by atoms with Crippen LogP contribution in [-0.4, -0.2) is 32.6 Å². The molecule has 1 aliphatic heterocycles. The van der Waals surface area contributed by atoms with E-state index in [-0.39, 0.29) is 24.8 Å². The first-order chi connectivity index (χ1) is 11.6. The molecular formula is C18H18N2O4. The van der Waals surface area contributed by atoms with Gasteiger partial charge < -0.3 is 19.7 Å². The summed E-state index contributed by atoms with van der Waals surface area (Å²) in [7, 11) is 3.26. The molecule has 0 spiro atoms. The van der Waals surface area contributed by atoms with Gasteiger partial charge in [-0.2, -0.15) is 0 Å². The van der Waals surface area contributed by atoms with Gasteiger partial charge in [0.2, 0.25) is 5.91 Å². The van der Waals surface area contributed by atoms with Gasteiger partial charge in [-0.15, -0.1) is 0 Å². The summed E-state index contributed by atoms with van der Waals surface area (Å²) in [6.45, 7) is 0.0308. The van der Waals surface area contributed by atoms with Crippen LogP contribution < -0.4 is 19.7 Å². The highest BCUT2D eigenvalue weighted by atomic mass is 16.5. The number of nitrogens with one attached hydrogen (secondary N) is 1. The maximum atomic E-state index is 12.3. The molecule has 0 aliphatic carbocycles. The maximum Gasteiger partial charge on any atom is 0.264 e. The Labute approximate surface area is 140 Å². The number of amides is 2. The summed E-state index contributed by atoms with van der Waals surface area (Å²) in [5.74, 6) is 1.02. The van der Waals surface area contributed by atoms with Crippen molar-refractivity contribution in [2.75, 3.05) is 31.0 Å². The highest BCUT2D eigenvalue weighted by Gasteiger charge is 2.22. The summed E-state index contributed by atoms with van der Waals surface area (Å²) in [5, 5.41) is 2.84. The van der Waals surface area contributed by atoms with E-state index >= 15 is 0 Å². The van der Waals surface area contributed by atoms with Crippen molar-refractivity contribution in [1.29, 1.82) is 0 Å². The number of carbonyl (C=O) groups excluding carboxylic acids is 2. The van der Waals surface area contributed by atoms with Crippen molar-refractivity contribution in [3.63, 3.8) is 0 Å². The van der Waals surface area contributed by atoms with E-state index in [0.29, 0.717) is 22.9 Å². The zero-order valence-electron chi connectivity index (χ0n) is 13.5. The first-order valence-electron chi connectivity index (χ1n) is 7.53. The minimum Gasteiger partial charge on any atom is -0.496 e. The Bertz CT molecular complexity index is 788. The van der Waals surface area contributed by atoms with E-state index in [2.05, 4.69) is 5.32 Å². The first kappa shape index (κ1) is 15.9. The summed E-state index contributed by atoms with van der Waals surface area (Å²) in [6.07, 6.45) is 0.201. The number of likely N-dealkylation sites (N-methyl/N-ethyl adjacent to an activating group) is 1.